The molecule has 0 bridgehead atoms. The molecule has 0 radical (unpaired) electrons. The summed E-state index contributed by atoms with van der Waals surface area (Å²) in [4.78, 5) is 12.2. The molecule has 2 atom stereocenters. The van der Waals surface area contributed by atoms with Gasteiger partial charge in [0.25, 0.3) is 0 Å². The lowest BCUT2D eigenvalue weighted by atomic mass is 9.98. The number of rotatable bonds is 15. The van der Waals surface area contributed by atoms with Crippen molar-refractivity contribution in [2.45, 2.75) is 72.1 Å². The molecular weight excluding hydrogens is 462 g/mol. The molecule has 2 aromatic carbocycles. The van der Waals surface area contributed by atoms with E-state index >= 15 is 0 Å². The van der Waals surface area contributed by atoms with E-state index in [0.717, 1.165) is 16.7 Å². The number of aryl methyl sites for hydroxylation is 1. The molecule has 7 nitrogen and oxygen atoms in total. The van der Waals surface area contributed by atoms with E-state index in [4.69, 9.17) is 0 Å². The minimum Gasteiger partial charge on any atom is -0.386 e. The normalized spacial score (nSPS) is 13.9. The third-order valence-corrected chi connectivity index (χ3v) is 8.47. The smallest absolute Gasteiger partial charge is 0.386 e. The second kappa shape index (κ2) is 13.7. The van der Waals surface area contributed by atoms with Gasteiger partial charge in [-0.05, 0) is 30.9 Å². The molecule has 194 valence electrons. The highest BCUT2D eigenvalue weighted by molar-refractivity contribution is 7.84. The Morgan fingerprint density at radius 2 is 1.54 bits per heavy atom. The Morgan fingerprint density at radius 1 is 0.943 bits per heavy atom. The summed E-state index contributed by atoms with van der Waals surface area (Å²) in [5.41, 5.74) is 3.15. The standard InChI is InChI=1S/C27H41N3O4S/c1-5-17-30(18-6-2,35(33,34)29-27(32)7-3)25(19-23-15-13-22(4)14-16-23)26(31)21-28-20-24-11-9-8-10-12-24/h8-16,25-26,28,31H,5-7,17-21H2,1-4H3/p+1. The van der Waals surface area contributed by atoms with Gasteiger partial charge in [-0.1, -0.05) is 80.9 Å². The monoisotopic (exact) mass is 504 g/mol. The zero-order chi connectivity index (χ0) is 25.9. The molecule has 0 aromatic heterocycles. The van der Waals surface area contributed by atoms with E-state index in [9.17, 15) is 18.3 Å². The summed E-state index contributed by atoms with van der Waals surface area (Å²) >= 11 is 0. The maximum atomic E-state index is 13.8. The third kappa shape index (κ3) is 7.87. The van der Waals surface area contributed by atoms with E-state index in [0.29, 0.717) is 38.9 Å². The fourth-order valence-corrected chi connectivity index (χ4v) is 6.64. The van der Waals surface area contributed by atoms with Gasteiger partial charge in [0.1, 0.15) is 12.1 Å². The van der Waals surface area contributed by atoms with Crippen LogP contribution in [-0.2, 0) is 28.0 Å². The van der Waals surface area contributed by atoms with Gasteiger partial charge >= 0.3 is 10.2 Å². The number of nitrogens with zero attached hydrogens (tertiary/aromatic N) is 1. The number of carbonyl (C=O) groups excluding carboxylic acids is 1. The lowest BCUT2D eigenvalue weighted by Gasteiger charge is -2.44. The predicted molar refractivity (Wildman–Crippen MR) is 141 cm³/mol. The summed E-state index contributed by atoms with van der Waals surface area (Å²) in [5.74, 6) is -0.537. The third-order valence-electron chi connectivity index (χ3n) is 6.39. The van der Waals surface area contributed by atoms with Crippen LogP contribution in [0.15, 0.2) is 54.6 Å². The average molecular weight is 505 g/mol. The number of quaternary nitrogens is 1. The number of aliphatic hydroxyl groups excluding tert-OH is 1. The van der Waals surface area contributed by atoms with Crippen molar-refractivity contribution >= 4 is 16.1 Å². The first-order chi connectivity index (χ1) is 16.7. The summed E-state index contributed by atoms with van der Waals surface area (Å²) in [6.07, 6.45) is 0.675. The van der Waals surface area contributed by atoms with Crippen molar-refractivity contribution in [1.29, 1.82) is 0 Å². The van der Waals surface area contributed by atoms with Gasteiger partial charge in [0.05, 0.1) is 13.1 Å². The molecule has 0 aliphatic carbocycles. The molecule has 35 heavy (non-hydrogen) atoms. The molecule has 2 rings (SSSR count). The number of aliphatic hydroxyl groups is 1. The van der Waals surface area contributed by atoms with Crippen LogP contribution in [0.1, 0.15) is 56.7 Å². The number of hydrogen-bond donors (Lipinski definition) is 3. The van der Waals surface area contributed by atoms with Gasteiger partial charge in [-0.2, -0.15) is 12.3 Å². The van der Waals surface area contributed by atoms with Gasteiger partial charge < -0.3 is 10.4 Å². The molecule has 0 saturated carbocycles. The fraction of sp³-hybridized carbons (Fsp3) is 0.519. The van der Waals surface area contributed by atoms with Crippen LogP contribution in [0.5, 0.6) is 0 Å². The van der Waals surface area contributed by atoms with E-state index < -0.39 is 28.3 Å². The summed E-state index contributed by atoms with van der Waals surface area (Å²) < 4.78 is 29.5. The Balaban J connectivity index is 2.46. The van der Waals surface area contributed by atoms with Crippen LogP contribution in [0, 0.1) is 6.92 Å². The fourth-order valence-electron chi connectivity index (χ4n) is 4.60. The molecule has 3 N–H and O–H groups in total. The van der Waals surface area contributed by atoms with Gasteiger partial charge in [0.15, 0.2) is 0 Å². The molecule has 2 unspecified atom stereocenters. The second-order valence-electron chi connectivity index (χ2n) is 9.19. The van der Waals surface area contributed by atoms with Crippen LogP contribution >= 0.6 is 0 Å². The van der Waals surface area contributed by atoms with Gasteiger partial charge in [-0.25, -0.2) is 4.72 Å². The highest BCUT2D eigenvalue weighted by Crippen LogP contribution is 2.28. The van der Waals surface area contributed by atoms with Crippen molar-refractivity contribution < 1.29 is 22.2 Å². The molecule has 2 aromatic rings. The first kappa shape index (κ1) is 29.0. The van der Waals surface area contributed by atoms with Crippen molar-refractivity contribution in [2.75, 3.05) is 19.6 Å². The molecule has 0 heterocycles. The number of hydrogen-bond acceptors (Lipinski definition) is 5. The summed E-state index contributed by atoms with van der Waals surface area (Å²) in [6, 6.07) is 17.2. The maximum Gasteiger partial charge on any atom is 0.396 e. The first-order valence-corrected chi connectivity index (χ1v) is 14.0. The number of benzene rings is 2. The first-order valence-electron chi connectivity index (χ1n) is 12.6. The molecular formula is C27H42N3O4S+. The minimum absolute atomic E-state index is 0.0707. The van der Waals surface area contributed by atoms with Crippen LogP contribution in [0.2, 0.25) is 0 Å². The highest BCUT2D eigenvalue weighted by Gasteiger charge is 2.51. The van der Waals surface area contributed by atoms with Crippen molar-refractivity contribution in [3.8, 4) is 0 Å². The van der Waals surface area contributed by atoms with Crippen molar-refractivity contribution in [2.24, 2.45) is 0 Å². The maximum absolute atomic E-state index is 13.8. The van der Waals surface area contributed by atoms with Crippen molar-refractivity contribution in [3.05, 3.63) is 71.3 Å². The molecule has 0 fully saturated rings. The molecule has 0 aliphatic rings. The Labute approximate surface area is 211 Å². The SMILES string of the molecule is CCC[N+](CCC)(C(Cc1ccc(C)cc1)C(O)CNCc1ccccc1)S(=O)(=O)NC(=O)CC. The number of amides is 1. The summed E-state index contributed by atoms with van der Waals surface area (Å²) in [7, 11) is -4.12. The summed E-state index contributed by atoms with van der Waals surface area (Å²) in [5, 5.41) is 14.8. The highest BCUT2D eigenvalue weighted by atomic mass is 32.2. The molecule has 0 aliphatic heterocycles. The van der Waals surface area contributed by atoms with Gasteiger partial charge in [0, 0.05) is 25.9 Å². The number of carbonyl (C=O) groups is 1. The van der Waals surface area contributed by atoms with Crippen LogP contribution < -0.4 is 10.0 Å². The van der Waals surface area contributed by atoms with Crippen LogP contribution in [-0.4, -0.2) is 55.1 Å². The Morgan fingerprint density at radius 3 is 2.09 bits per heavy atom. The lowest BCUT2D eigenvalue weighted by molar-refractivity contribution is -0.838. The lowest BCUT2D eigenvalue weighted by Crippen LogP contribution is -2.68. The van der Waals surface area contributed by atoms with Crippen LogP contribution in [0.3, 0.4) is 0 Å². The van der Waals surface area contributed by atoms with Crippen LogP contribution in [0.4, 0.5) is 0 Å². The molecule has 1 amide bonds. The second-order valence-corrected chi connectivity index (χ2v) is 11.1. The zero-order valence-corrected chi connectivity index (χ0v) is 22.4. The number of nitrogens with one attached hydrogen (secondary N) is 2. The topological polar surface area (TPSA) is 95.5 Å². The van der Waals surface area contributed by atoms with E-state index in [1.807, 2.05) is 75.4 Å². The molecule has 0 saturated heterocycles. The van der Waals surface area contributed by atoms with Gasteiger partial charge in [-0.15, -0.1) is 0 Å². The Bertz CT molecular complexity index is 1000. The van der Waals surface area contributed by atoms with Gasteiger partial charge in [-0.3, -0.25) is 4.79 Å². The zero-order valence-electron chi connectivity index (χ0n) is 21.5. The minimum atomic E-state index is -4.12. The quantitative estimate of drug-likeness (QED) is 0.323. The molecule has 0 spiro atoms. The predicted octanol–water partition coefficient (Wildman–Crippen LogP) is 3.46. The van der Waals surface area contributed by atoms with Gasteiger partial charge in [0.2, 0.25) is 5.91 Å². The average Bonchev–Trinajstić information content (AvgIpc) is 2.83. The van der Waals surface area contributed by atoms with E-state index in [-0.39, 0.29) is 16.9 Å². The van der Waals surface area contributed by atoms with E-state index in [1.165, 1.54) is 0 Å². The molecule has 8 heteroatoms. The van der Waals surface area contributed by atoms with Crippen molar-refractivity contribution in [1.82, 2.24) is 10.0 Å². The van der Waals surface area contributed by atoms with Crippen LogP contribution in [0.25, 0.3) is 0 Å². The Hall–Kier alpha value is -2.26. The Kier molecular flexibility index (Phi) is 11.4. The summed E-state index contributed by atoms with van der Waals surface area (Å²) in [6.45, 7) is 8.89. The van der Waals surface area contributed by atoms with E-state index in [1.54, 1.807) is 6.92 Å². The van der Waals surface area contributed by atoms with E-state index in [2.05, 4.69) is 10.0 Å². The van der Waals surface area contributed by atoms with Crippen molar-refractivity contribution in [3.63, 3.8) is 0 Å². The largest absolute Gasteiger partial charge is 0.396 e.